The minimum absolute atomic E-state index is 1.46. The molecule has 0 nitrogen and oxygen atoms in total. The second kappa shape index (κ2) is 6.21. The standard InChI is InChI=1S/C4H8.4CH3.2BrH.2Sn/c1-3-4-2;;;;;;;;/h1-4H2;4*1H3;2*1H;;/q;;;;;;;2*+1/p-2. The van der Waals surface area contributed by atoms with Gasteiger partial charge in [0.2, 0.25) is 0 Å². The molecular weight excluding hydrogens is 493 g/mol. The van der Waals surface area contributed by atoms with Crippen LogP contribution < -0.4 is 0 Å². The Hall–Kier alpha value is 2.56. The molecule has 0 fully saturated rings. The van der Waals surface area contributed by atoms with Gasteiger partial charge < -0.3 is 0 Å². The van der Waals surface area contributed by atoms with Crippen LogP contribution in [0.4, 0.5) is 0 Å². The predicted octanol–water partition coefficient (Wildman–Crippen LogP) is 4.97. The molecule has 0 saturated heterocycles. The molecule has 0 aliphatic heterocycles. The van der Waals surface area contributed by atoms with E-state index >= 15 is 0 Å². The first-order chi connectivity index (χ1) is 5.21. The molecule has 12 heavy (non-hydrogen) atoms. The molecule has 4 heteroatoms. The van der Waals surface area contributed by atoms with E-state index in [2.05, 4.69) is 45.2 Å². The van der Waals surface area contributed by atoms with Crippen LogP contribution in [0.1, 0.15) is 12.8 Å². The van der Waals surface area contributed by atoms with Gasteiger partial charge in [-0.1, -0.05) is 0 Å². The first kappa shape index (κ1) is 14.6. The van der Waals surface area contributed by atoms with Crippen molar-refractivity contribution in [1.82, 2.24) is 0 Å². The molecule has 0 radical (unpaired) electrons. The van der Waals surface area contributed by atoms with Gasteiger partial charge in [-0.15, -0.1) is 0 Å². The average Bonchev–Trinajstić information content (AvgIpc) is 1.76. The second-order valence-electron chi connectivity index (χ2n) is 4.64. The fourth-order valence-corrected chi connectivity index (χ4v) is 11.1. The Bertz CT molecular complexity index is 108. The van der Waals surface area contributed by atoms with Crippen molar-refractivity contribution in [2.24, 2.45) is 0 Å². The molecule has 0 saturated carbocycles. The molecule has 0 heterocycles. The van der Waals surface area contributed by atoms with Crippen molar-refractivity contribution in [3.8, 4) is 0 Å². The zero-order chi connectivity index (χ0) is 9.83. The number of hydrogen-bond acceptors (Lipinski definition) is 0. The van der Waals surface area contributed by atoms with Gasteiger partial charge in [-0.2, -0.15) is 0 Å². The summed E-state index contributed by atoms with van der Waals surface area (Å²) in [4.78, 5) is 9.82. The van der Waals surface area contributed by atoms with Crippen molar-refractivity contribution < 1.29 is 0 Å². The first-order valence-electron chi connectivity index (χ1n) is 4.59. The molecule has 0 aliphatic rings. The molecule has 0 aliphatic carbocycles. The number of unbranched alkanes of at least 4 members (excludes halogenated alkanes) is 1. The molecule has 0 aromatic rings. The number of hydrogen-bond donors (Lipinski definition) is 0. The maximum atomic E-state index is 3.87. The second-order valence-corrected chi connectivity index (χ2v) is 55.9. The Morgan fingerprint density at radius 1 is 0.750 bits per heavy atom. The van der Waals surface area contributed by atoms with Crippen LogP contribution in [0.3, 0.4) is 0 Å². The third-order valence-corrected chi connectivity index (χ3v) is 15.9. The van der Waals surface area contributed by atoms with Crippen LogP contribution in [-0.4, -0.2) is 32.3 Å². The van der Waals surface area contributed by atoms with Gasteiger partial charge in [0.25, 0.3) is 0 Å². The average molecular weight is 513 g/mol. The zero-order valence-electron chi connectivity index (χ0n) is 8.58. The Morgan fingerprint density at radius 2 is 1.00 bits per heavy atom. The van der Waals surface area contributed by atoms with E-state index in [9.17, 15) is 0 Å². The van der Waals surface area contributed by atoms with Crippen molar-refractivity contribution >= 4 is 57.7 Å². The quantitative estimate of drug-likeness (QED) is 0.360. The summed E-state index contributed by atoms with van der Waals surface area (Å²) in [5.74, 6) is 0. The van der Waals surface area contributed by atoms with Crippen molar-refractivity contribution in [3.63, 3.8) is 0 Å². The summed E-state index contributed by atoms with van der Waals surface area (Å²) in [6.07, 6.45) is 2.92. The van der Waals surface area contributed by atoms with E-state index in [0.29, 0.717) is 0 Å². The summed E-state index contributed by atoms with van der Waals surface area (Å²) < 4.78 is 3.01. The summed E-state index contributed by atoms with van der Waals surface area (Å²) >= 11 is 4.57. The van der Waals surface area contributed by atoms with E-state index in [-0.39, 0.29) is 0 Å². The Kier molecular flexibility index (Phi) is 7.53. The van der Waals surface area contributed by atoms with Crippen molar-refractivity contribution in [3.05, 3.63) is 0 Å². The summed E-state index contributed by atoms with van der Waals surface area (Å²) in [6.45, 7) is 0. The molecule has 74 valence electrons. The molecule has 0 N–H and O–H groups in total. The molecule has 0 spiro atoms. The van der Waals surface area contributed by atoms with E-state index in [1.807, 2.05) is 0 Å². The van der Waals surface area contributed by atoms with Crippen LogP contribution in [-0.2, 0) is 0 Å². The SMILES string of the molecule is [CH3][Sn]([CH3])([Br])[CH2]CC[CH2][Sn]([CH3])([CH3])[Br]. The van der Waals surface area contributed by atoms with Gasteiger partial charge in [0.1, 0.15) is 0 Å². The maximum absolute atomic E-state index is 3.87. The third-order valence-electron chi connectivity index (χ3n) is 1.79. The van der Waals surface area contributed by atoms with Gasteiger partial charge in [-0.3, -0.25) is 0 Å². The van der Waals surface area contributed by atoms with Crippen LogP contribution in [0.5, 0.6) is 0 Å². The molecule has 0 aromatic heterocycles. The molecular formula is C8H20Br2Sn2. The minimum atomic E-state index is -1.59. The van der Waals surface area contributed by atoms with Crippen LogP contribution in [0.25, 0.3) is 0 Å². The van der Waals surface area contributed by atoms with E-state index in [4.69, 9.17) is 0 Å². The van der Waals surface area contributed by atoms with E-state index in [0.717, 1.165) is 0 Å². The van der Waals surface area contributed by atoms with Gasteiger partial charge in [0.15, 0.2) is 0 Å². The van der Waals surface area contributed by atoms with Crippen molar-refractivity contribution in [1.29, 1.82) is 0 Å². The van der Waals surface area contributed by atoms with Gasteiger partial charge in [-0.25, -0.2) is 0 Å². The van der Waals surface area contributed by atoms with Crippen LogP contribution in [0.2, 0.25) is 28.6 Å². The van der Waals surface area contributed by atoms with Gasteiger partial charge >= 0.3 is 99.2 Å². The van der Waals surface area contributed by atoms with E-state index in [1.54, 1.807) is 0 Å². The van der Waals surface area contributed by atoms with Crippen molar-refractivity contribution in [2.45, 2.75) is 41.5 Å². The zero-order valence-corrected chi connectivity index (χ0v) is 17.5. The van der Waals surface area contributed by atoms with E-state index < -0.39 is 32.3 Å². The fraction of sp³-hybridized carbons (Fsp3) is 1.00. The summed E-state index contributed by atoms with van der Waals surface area (Å²) in [5.41, 5.74) is 0. The summed E-state index contributed by atoms with van der Waals surface area (Å²) in [5, 5.41) is 0. The topological polar surface area (TPSA) is 0 Å². The Balaban J connectivity index is 3.35. The Morgan fingerprint density at radius 3 is 1.17 bits per heavy atom. The molecule has 0 unspecified atom stereocenters. The van der Waals surface area contributed by atoms with Gasteiger partial charge in [0, 0.05) is 0 Å². The third kappa shape index (κ3) is 12.6. The van der Waals surface area contributed by atoms with Crippen LogP contribution in [0, 0.1) is 0 Å². The molecule has 0 atom stereocenters. The predicted molar refractivity (Wildman–Crippen MR) is 71.7 cm³/mol. The molecule has 0 aromatic carbocycles. The molecule has 0 amide bonds. The monoisotopic (exact) mass is 514 g/mol. The number of halogens is 2. The van der Waals surface area contributed by atoms with Crippen LogP contribution >= 0.6 is 25.4 Å². The van der Waals surface area contributed by atoms with Gasteiger partial charge in [0.05, 0.1) is 0 Å². The summed E-state index contributed by atoms with van der Waals surface area (Å²) in [6, 6.07) is 0. The van der Waals surface area contributed by atoms with Crippen molar-refractivity contribution in [2.75, 3.05) is 0 Å². The molecule has 0 rings (SSSR count). The van der Waals surface area contributed by atoms with Gasteiger partial charge in [-0.05, 0) is 0 Å². The number of rotatable bonds is 5. The summed E-state index contributed by atoms with van der Waals surface area (Å²) in [7, 11) is 0. The molecule has 0 bridgehead atoms. The fourth-order valence-electron chi connectivity index (χ4n) is 1.09. The first-order valence-corrected chi connectivity index (χ1v) is 32.8. The normalized spacial score (nSPS) is 13.5. The Labute approximate surface area is 97.5 Å². The van der Waals surface area contributed by atoms with Crippen LogP contribution in [0.15, 0.2) is 0 Å². The van der Waals surface area contributed by atoms with E-state index in [1.165, 1.54) is 21.7 Å².